The molecule has 0 bridgehead atoms. The Kier molecular flexibility index (Phi) is 9.65. The molecule has 0 aromatic heterocycles. The molecule has 8 nitrogen and oxygen atoms in total. The Morgan fingerprint density at radius 3 is 1.77 bits per heavy atom. The van der Waals surface area contributed by atoms with Gasteiger partial charge in [0.15, 0.2) is 0 Å². The van der Waals surface area contributed by atoms with Gasteiger partial charge in [-0.05, 0) is 74.4 Å². The SMILES string of the molecule is CN(C(=O)N(C)[C@@H]1CN(C(=O)[C@H]2CC[C@H](NC(=O)NC3CC3)CC2)C[C@H]1c1ccc(F)cc1)c1cc(C(F)(F)F)cc(C(F)(F)F)c1. The van der Waals surface area contributed by atoms with Crippen molar-refractivity contribution in [2.24, 2.45) is 5.92 Å². The van der Waals surface area contributed by atoms with Crippen LogP contribution < -0.4 is 15.5 Å². The minimum atomic E-state index is -5.09. The molecule has 5 rings (SSSR count). The summed E-state index contributed by atoms with van der Waals surface area (Å²) >= 11 is 0. The zero-order chi connectivity index (χ0) is 34.3. The van der Waals surface area contributed by atoms with E-state index in [0.717, 1.165) is 19.9 Å². The third-order valence-corrected chi connectivity index (χ3v) is 9.27. The van der Waals surface area contributed by atoms with Crippen LogP contribution in [0.1, 0.15) is 61.1 Å². The van der Waals surface area contributed by atoms with Crippen LogP contribution in [0.3, 0.4) is 0 Å². The van der Waals surface area contributed by atoms with Crippen LogP contribution in [0.15, 0.2) is 42.5 Å². The van der Waals surface area contributed by atoms with E-state index in [1.165, 1.54) is 36.2 Å². The molecule has 2 saturated carbocycles. The van der Waals surface area contributed by atoms with E-state index in [-0.39, 0.29) is 49.1 Å². The quantitative estimate of drug-likeness (QED) is 0.351. The lowest BCUT2D eigenvalue weighted by molar-refractivity contribution is -0.143. The van der Waals surface area contributed by atoms with Crippen LogP contribution in [0, 0.1) is 11.7 Å². The molecule has 256 valence electrons. The van der Waals surface area contributed by atoms with E-state index < -0.39 is 53.0 Å². The number of likely N-dealkylation sites (tertiary alicyclic amines) is 1. The summed E-state index contributed by atoms with van der Waals surface area (Å²) in [4.78, 5) is 43.0. The molecule has 1 heterocycles. The molecule has 0 spiro atoms. The second-order valence-corrected chi connectivity index (χ2v) is 12.6. The Morgan fingerprint density at radius 2 is 1.28 bits per heavy atom. The summed E-state index contributed by atoms with van der Waals surface area (Å²) in [6, 6.07) is 4.78. The molecule has 15 heteroatoms. The minimum Gasteiger partial charge on any atom is -0.340 e. The van der Waals surface area contributed by atoms with Crippen molar-refractivity contribution in [1.82, 2.24) is 20.4 Å². The highest BCUT2D eigenvalue weighted by molar-refractivity contribution is 5.92. The lowest BCUT2D eigenvalue weighted by Crippen LogP contribution is -2.48. The molecule has 0 radical (unpaired) electrons. The Balaban J connectivity index is 1.32. The van der Waals surface area contributed by atoms with Gasteiger partial charge in [-0.25, -0.2) is 14.0 Å². The van der Waals surface area contributed by atoms with Gasteiger partial charge in [0.25, 0.3) is 0 Å². The molecule has 2 aromatic carbocycles. The number of alkyl halides is 6. The molecule has 3 fully saturated rings. The first-order valence-corrected chi connectivity index (χ1v) is 15.4. The third-order valence-electron chi connectivity index (χ3n) is 9.27. The molecule has 5 amide bonds. The maximum absolute atomic E-state index is 13.8. The highest BCUT2D eigenvalue weighted by atomic mass is 19.4. The van der Waals surface area contributed by atoms with Crippen molar-refractivity contribution in [3.05, 3.63) is 65.0 Å². The predicted octanol–water partition coefficient (Wildman–Crippen LogP) is 6.37. The maximum atomic E-state index is 13.8. The summed E-state index contributed by atoms with van der Waals surface area (Å²) in [6.45, 7) is 0.218. The average molecular weight is 672 g/mol. The molecule has 2 N–H and O–H groups in total. The van der Waals surface area contributed by atoms with Crippen molar-refractivity contribution in [3.63, 3.8) is 0 Å². The normalized spacial score (nSPS) is 23.3. The third kappa shape index (κ3) is 8.10. The van der Waals surface area contributed by atoms with E-state index >= 15 is 0 Å². The number of carbonyl (C=O) groups excluding carboxylic acids is 3. The highest BCUT2D eigenvalue weighted by Gasteiger charge is 2.43. The van der Waals surface area contributed by atoms with Crippen molar-refractivity contribution in [2.45, 2.75) is 74.9 Å². The van der Waals surface area contributed by atoms with Gasteiger partial charge in [-0.15, -0.1) is 0 Å². The summed E-state index contributed by atoms with van der Waals surface area (Å²) in [7, 11) is 2.45. The Bertz CT molecular complexity index is 1440. The topological polar surface area (TPSA) is 85.0 Å². The molecule has 47 heavy (non-hydrogen) atoms. The van der Waals surface area contributed by atoms with Crippen LogP contribution in [0.4, 0.5) is 46.0 Å². The van der Waals surface area contributed by atoms with E-state index in [1.807, 2.05) is 0 Å². The van der Waals surface area contributed by atoms with Crippen molar-refractivity contribution in [3.8, 4) is 0 Å². The number of hydrogen-bond donors (Lipinski definition) is 2. The Hall–Kier alpha value is -4.04. The molecule has 3 aliphatic rings. The molecule has 2 aromatic rings. The van der Waals surface area contributed by atoms with Gasteiger partial charge in [-0.2, -0.15) is 26.3 Å². The van der Waals surface area contributed by atoms with Crippen LogP contribution in [0.2, 0.25) is 0 Å². The number of rotatable bonds is 6. The zero-order valence-electron chi connectivity index (χ0n) is 25.8. The smallest absolute Gasteiger partial charge is 0.340 e. The monoisotopic (exact) mass is 671 g/mol. The largest absolute Gasteiger partial charge is 0.416 e. The second-order valence-electron chi connectivity index (χ2n) is 12.6. The van der Waals surface area contributed by atoms with Gasteiger partial charge in [0.2, 0.25) is 5.91 Å². The average Bonchev–Trinajstić information content (AvgIpc) is 3.72. The van der Waals surface area contributed by atoms with Crippen LogP contribution in [0.25, 0.3) is 0 Å². The predicted molar refractivity (Wildman–Crippen MR) is 158 cm³/mol. The molecule has 2 atom stereocenters. The van der Waals surface area contributed by atoms with Gasteiger partial charge < -0.3 is 20.4 Å². The number of nitrogens with zero attached hydrogens (tertiary/aromatic N) is 3. The first kappa shape index (κ1) is 34.3. The molecular weight excluding hydrogens is 635 g/mol. The number of anilines is 1. The van der Waals surface area contributed by atoms with E-state index in [0.29, 0.717) is 48.3 Å². The van der Waals surface area contributed by atoms with Gasteiger partial charge in [-0.3, -0.25) is 9.69 Å². The number of hydrogen-bond acceptors (Lipinski definition) is 3. The minimum absolute atomic E-state index is 0.0109. The number of urea groups is 2. The van der Waals surface area contributed by atoms with Crippen LogP contribution >= 0.6 is 0 Å². The van der Waals surface area contributed by atoms with Gasteiger partial charge in [0.1, 0.15) is 5.82 Å². The van der Waals surface area contributed by atoms with Gasteiger partial charge in [0.05, 0.1) is 17.2 Å². The molecule has 2 aliphatic carbocycles. The van der Waals surface area contributed by atoms with Gasteiger partial charge in [-0.1, -0.05) is 12.1 Å². The molecule has 1 aliphatic heterocycles. The summed E-state index contributed by atoms with van der Waals surface area (Å²) in [6.07, 6.45) is -5.99. The lowest BCUT2D eigenvalue weighted by atomic mass is 9.85. The summed E-state index contributed by atoms with van der Waals surface area (Å²) in [5.74, 6) is -1.50. The number of halogens is 7. The summed E-state index contributed by atoms with van der Waals surface area (Å²) < 4.78 is 94.8. The first-order valence-electron chi connectivity index (χ1n) is 15.4. The number of likely N-dealkylation sites (N-methyl/N-ethyl adjacent to an activating group) is 1. The van der Waals surface area contributed by atoms with Crippen molar-refractivity contribution >= 4 is 23.7 Å². The molecule has 0 unspecified atom stereocenters. The zero-order valence-corrected chi connectivity index (χ0v) is 25.8. The Labute approximate surface area is 267 Å². The van der Waals surface area contributed by atoms with Gasteiger partial charge >= 0.3 is 24.4 Å². The summed E-state index contributed by atoms with van der Waals surface area (Å²) in [5, 5.41) is 5.84. The van der Waals surface area contributed by atoms with Crippen LogP contribution in [-0.4, -0.2) is 73.1 Å². The number of amides is 5. The summed E-state index contributed by atoms with van der Waals surface area (Å²) in [5.41, 5.74) is -3.11. The standard InChI is InChI=1S/C32H36F7N5O3/c1-42(25-14-20(31(34,35)36)13-21(15-25)32(37,38)39)30(47)43(2)27-17-44(16-26(27)18-3-7-22(33)8-4-18)28(45)19-5-9-23(10-6-19)40-29(46)41-24-11-12-24/h3-4,7-8,13-15,19,23-24,26-27H,5-6,9-12,16-17H2,1-2H3,(H2,40,41,46)/t19-,23-,26-,27+/m0/s1. The fourth-order valence-corrected chi connectivity index (χ4v) is 6.40. The van der Waals surface area contributed by atoms with E-state index in [1.54, 1.807) is 4.90 Å². The molecular formula is C32H36F7N5O3. The van der Waals surface area contributed by atoms with Crippen molar-refractivity contribution < 1.29 is 45.1 Å². The van der Waals surface area contributed by atoms with Crippen LogP contribution in [0.5, 0.6) is 0 Å². The van der Waals surface area contributed by atoms with E-state index in [9.17, 15) is 45.1 Å². The number of nitrogens with one attached hydrogen (secondary N) is 2. The fourth-order valence-electron chi connectivity index (χ4n) is 6.40. The molecule has 1 saturated heterocycles. The van der Waals surface area contributed by atoms with Crippen molar-refractivity contribution in [1.29, 1.82) is 0 Å². The van der Waals surface area contributed by atoms with E-state index in [4.69, 9.17) is 0 Å². The fraction of sp³-hybridized carbons (Fsp3) is 0.531. The van der Waals surface area contributed by atoms with Crippen LogP contribution in [-0.2, 0) is 17.1 Å². The first-order chi connectivity index (χ1) is 22.0. The number of carbonyl (C=O) groups is 3. The Morgan fingerprint density at radius 1 is 0.766 bits per heavy atom. The van der Waals surface area contributed by atoms with Gasteiger partial charge in [0, 0.05) is 56.8 Å². The lowest BCUT2D eigenvalue weighted by Gasteiger charge is -2.33. The number of benzene rings is 2. The maximum Gasteiger partial charge on any atom is 0.416 e. The second kappa shape index (κ2) is 13.2. The highest BCUT2D eigenvalue weighted by Crippen LogP contribution is 2.39. The van der Waals surface area contributed by atoms with Crippen molar-refractivity contribution in [2.75, 3.05) is 32.1 Å². The van der Waals surface area contributed by atoms with E-state index in [2.05, 4.69) is 10.6 Å².